The van der Waals surface area contributed by atoms with Gasteiger partial charge in [0.15, 0.2) is 0 Å². The van der Waals surface area contributed by atoms with Crippen molar-refractivity contribution < 1.29 is 5.11 Å². The summed E-state index contributed by atoms with van der Waals surface area (Å²) in [5, 5.41) is 14.1. The maximum Gasteiger partial charge on any atom is 0.133 e. The quantitative estimate of drug-likeness (QED) is 0.824. The van der Waals surface area contributed by atoms with Gasteiger partial charge in [0.2, 0.25) is 0 Å². The van der Waals surface area contributed by atoms with E-state index in [1.54, 1.807) is 4.68 Å². The van der Waals surface area contributed by atoms with Gasteiger partial charge < -0.3 is 5.11 Å². The van der Waals surface area contributed by atoms with Gasteiger partial charge in [-0.2, -0.15) is 5.10 Å². The second-order valence-electron chi connectivity index (χ2n) is 4.31. The third-order valence-electron chi connectivity index (χ3n) is 2.13. The smallest absolute Gasteiger partial charge is 0.133 e. The van der Waals surface area contributed by atoms with E-state index in [4.69, 9.17) is 11.6 Å². The Balaban J connectivity index is 3.28. The molecule has 0 saturated carbocycles. The number of nitrogens with zero attached hydrogens (tertiary/aromatic N) is 2. The van der Waals surface area contributed by atoms with E-state index in [9.17, 15) is 5.11 Å². The molecule has 3 nitrogen and oxygen atoms in total. The zero-order valence-corrected chi connectivity index (χ0v) is 9.89. The highest BCUT2D eigenvalue weighted by Crippen LogP contribution is 2.26. The summed E-state index contributed by atoms with van der Waals surface area (Å²) in [6.07, 6.45) is 0.790. The van der Waals surface area contributed by atoms with E-state index in [1.807, 2.05) is 27.7 Å². The zero-order valence-electron chi connectivity index (χ0n) is 9.13. The first-order valence-corrected chi connectivity index (χ1v) is 5.17. The largest absolute Gasteiger partial charge is 0.391 e. The van der Waals surface area contributed by atoms with Crippen molar-refractivity contribution in [3.05, 3.63) is 16.4 Å². The molecule has 0 spiro atoms. The van der Waals surface area contributed by atoms with Gasteiger partial charge in [0.1, 0.15) is 5.15 Å². The van der Waals surface area contributed by atoms with Crippen LogP contribution in [-0.2, 0) is 18.6 Å². The Morgan fingerprint density at radius 3 is 2.29 bits per heavy atom. The van der Waals surface area contributed by atoms with Gasteiger partial charge in [0.05, 0.1) is 17.8 Å². The van der Waals surface area contributed by atoms with Gasteiger partial charge in [-0.3, -0.25) is 0 Å². The van der Waals surface area contributed by atoms with Crippen LogP contribution in [0.2, 0.25) is 5.15 Å². The first kappa shape index (κ1) is 11.5. The van der Waals surface area contributed by atoms with Crippen LogP contribution < -0.4 is 0 Å². The molecule has 0 unspecified atom stereocenters. The number of aromatic nitrogens is 2. The van der Waals surface area contributed by atoms with Gasteiger partial charge in [-0.1, -0.05) is 18.5 Å². The molecule has 0 amide bonds. The fourth-order valence-corrected chi connectivity index (χ4v) is 1.82. The molecule has 0 aliphatic heterocycles. The second-order valence-corrected chi connectivity index (χ2v) is 4.67. The summed E-state index contributed by atoms with van der Waals surface area (Å²) < 4.78 is 1.76. The molecule has 0 fully saturated rings. The molecule has 0 saturated heterocycles. The number of rotatable bonds is 2. The van der Waals surface area contributed by atoms with Crippen LogP contribution in [0.15, 0.2) is 0 Å². The van der Waals surface area contributed by atoms with Crippen molar-refractivity contribution in [2.45, 2.75) is 46.3 Å². The number of hydrogen-bond donors (Lipinski definition) is 1. The summed E-state index contributed by atoms with van der Waals surface area (Å²) >= 11 is 6.13. The van der Waals surface area contributed by atoms with Crippen molar-refractivity contribution in [2.24, 2.45) is 0 Å². The highest BCUT2D eigenvalue weighted by atomic mass is 35.5. The minimum absolute atomic E-state index is 0.0436. The van der Waals surface area contributed by atoms with Gasteiger partial charge in [-0.25, -0.2) is 4.68 Å². The minimum Gasteiger partial charge on any atom is -0.391 e. The molecule has 1 N–H and O–H groups in total. The van der Waals surface area contributed by atoms with Crippen molar-refractivity contribution in [3.63, 3.8) is 0 Å². The van der Waals surface area contributed by atoms with Gasteiger partial charge in [-0.15, -0.1) is 0 Å². The lowest BCUT2D eigenvalue weighted by molar-refractivity contribution is 0.280. The van der Waals surface area contributed by atoms with Crippen molar-refractivity contribution in [3.8, 4) is 0 Å². The summed E-state index contributed by atoms with van der Waals surface area (Å²) in [5.74, 6) is 0. The summed E-state index contributed by atoms with van der Waals surface area (Å²) in [5.41, 5.74) is 1.49. The summed E-state index contributed by atoms with van der Waals surface area (Å²) in [6, 6.07) is 0. The molecular formula is C10H17ClN2O. The van der Waals surface area contributed by atoms with Crippen LogP contribution in [-0.4, -0.2) is 14.9 Å². The fourth-order valence-electron chi connectivity index (χ4n) is 1.36. The van der Waals surface area contributed by atoms with E-state index < -0.39 is 0 Å². The van der Waals surface area contributed by atoms with Crippen molar-refractivity contribution in [1.29, 1.82) is 0 Å². The Labute approximate surface area is 89.7 Å². The van der Waals surface area contributed by atoms with Crippen LogP contribution in [0.1, 0.15) is 39.0 Å². The van der Waals surface area contributed by atoms with Gasteiger partial charge in [0.25, 0.3) is 0 Å². The Kier molecular flexibility index (Phi) is 3.22. The molecule has 0 aliphatic rings. The van der Waals surface area contributed by atoms with E-state index in [0.29, 0.717) is 5.15 Å². The fraction of sp³-hybridized carbons (Fsp3) is 0.700. The number of aryl methyl sites for hydroxylation is 1. The lowest BCUT2D eigenvalue weighted by Gasteiger charge is -2.20. The second kappa shape index (κ2) is 3.91. The zero-order chi connectivity index (χ0) is 10.9. The number of aliphatic hydroxyl groups is 1. The lowest BCUT2D eigenvalue weighted by Crippen LogP contribution is -2.23. The highest BCUT2D eigenvalue weighted by Gasteiger charge is 2.22. The Hall–Kier alpha value is -0.540. The van der Waals surface area contributed by atoms with E-state index >= 15 is 0 Å². The van der Waals surface area contributed by atoms with E-state index in [0.717, 1.165) is 17.7 Å². The molecule has 1 aromatic rings. The van der Waals surface area contributed by atoms with Crippen LogP contribution in [0.4, 0.5) is 0 Å². The number of aliphatic hydroxyl groups excluding tert-OH is 1. The predicted octanol–water partition coefficient (Wildman–Crippen LogP) is 2.35. The molecule has 80 valence electrons. The summed E-state index contributed by atoms with van der Waals surface area (Å²) in [7, 11) is 0. The SMILES string of the molecule is CCc1nn(C(C)(C)C)c(Cl)c1CO. The molecule has 0 aromatic carbocycles. The van der Waals surface area contributed by atoms with Gasteiger partial charge >= 0.3 is 0 Å². The average molecular weight is 217 g/mol. The first-order chi connectivity index (χ1) is 6.41. The Morgan fingerprint density at radius 1 is 1.43 bits per heavy atom. The molecule has 1 aromatic heterocycles. The van der Waals surface area contributed by atoms with Crippen LogP contribution in [0.5, 0.6) is 0 Å². The third-order valence-corrected chi connectivity index (χ3v) is 2.52. The standard InChI is InChI=1S/C10H17ClN2O/c1-5-8-7(6-14)9(11)13(12-8)10(2,3)4/h14H,5-6H2,1-4H3. The van der Waals surface area contributed by atoms with E-state index in [-0.39, 0.29) is 12.1 Å². The molecule has 1 rings (SSSR count). The van der Waals surface area contributed by atoms with Crippen LogP contribution in [0, 0.1) is 0 Å². The van der Waals surface area contributed by atoms with Crippen LogP contribution >= 0.6 is 11.6 Å². The van der Waals surface area contributed by atoms with E-state index in [2.05, 4.69) is 5.10 Å². The van der Waals surface area contributed by atoms with Gasteiger partial charge in [0, 0.05) is 5.56 Å². The monoisotopic (exact) mass is 216 g/mol. The molecule has 4 heteroatoms. The minimum atomic E-state index is -0.144. The molecule has 0 aliphatic carbocycles. The number of hydrogen-bond acceptors (Lipinski definition) is 2. The van der Waals surface area contributed by atoms with Crippen LogP contribution in [0.25, 0.3) is 0 Å². The van der Waals surface area contributed by atoms with Crippen LogP contribution in [0.3, 0.4) is 0 Å². The average Bonchev–Trinajstić information content (AvgIpc) is 2.40. The van der Waals surface area contributed by atoms with E-state index in [1.165, 1.54) is 0 Å². The maximum absolute atomic E-state index is 9.17. The first-order valence-electron chi connectivity index (χ1n) is 4.79. The van der Waals surface area contributed by atoms with Crippen molar-refractivity contribution >= 4 is 11.6 Å². The van der Waals surface area contributed by atoms with Crippen molar-refractivity contribution in [1.82, 2.24) is 9.78 Å². The molecule has 0 atom stereocenters. The Morgan fingerprint density at radius 2 is 2.00 bits per heavy atom. The molecule has 0 radical (unpaired) electrons. The molecule has 1 heterocycles. The summed E-state index contributed by atoms with van der Waals surface area (Å²) in [4.78, 5) is 0. The highest BCUT2D eigenvalue weighted by molar-refractivity contribution is 6.30. The lowest BCUT2D eigenvalue weighted by atomic mass is 10.1. The van der Waals surface area contributed by atoms with Gasteiger partial charge in [-0.05, 0) is 27.2 Å². The predicted molar refractivity (Wildman–Crippen MR) is 57.5 cm³/mol. The van der Waals surface area contributed by atoms with Crippen molar-refractivity contribution in [2.75, 3.05) is 0 Å². The molecule has 14 heavy (non-hydrogen) atoms. The summed E-state index contributed by atoms with van der Waals surface area (Å²) in [6.45, 7) is 8.06. The Bertz CT molecular complexity index is 326. The topological polar surface area (TPSA) is 38.0 Å². The normalized spacial score (nSPS) is 12.1. The molecule has 0 bridgehead atoms. The maximum atomic E-state index is 9.17. The molecular weight excluding hydrogens is 200 g/mol. The third kappa shape index (κ3) is 1.93. The number of halogens is 1.